The minimum absolute atomic E-state index is 0.00226. The fourth-order valence-electron chi connectivity index (χ4n) is 4.45. The number of carbonyl (C=O) groups excluding carboxylic acids is 2. The Morgan fingerprint density at radius 3 is 2.52 bits per heavy atom. The summed E-state index contributed by atoms with van der Waals surface area (Å²) >= 11 is 0. The molecule has 2 amide bonds. The smallest absolute Gasteiger partial charge is 0.250 e. The highest BCUT2D eigenvalue weighted by atomic mass is 16.3. The number of benzene rings is 2. The predicted molar refractivity (Wildman–Crippen MR) is 120 cm³/mol. The topological polar surface area (TPSA) is 81.7 Å². The summed E-state index contributed by atoms with van der Waals surface area (Å²) in [5.41, 5.74) is 3.00. The molecule has 4 rings (SSSR count). The number of hydrogen-bond acceptors (Lipinski definition) is 4. The first-order valence-electron chi connectivity index (χ1n) is 11.0. The quantitative estimate of drug-likeness (QED) is 0.664. The first kappa shape index (κ1) is 21.3. The molecule has 3 unspecified atom stereocenters. The molecule has 0 bridgehead atoms. The van der Waals surface area contributed by atoms with Crippen LogP contribution in [0.5, 0.6) is 0 Å². The largest absolute Gasteiger partial charge is 0.381 e. The van der Waals surface area contributed by atoms with Gasteiger partial charge in [-0.3, -0.25) is 9.59 Å². The minimum Gasteiger partial charge on any atom is -0.381 e. The Morgan fingerprint density at radius 1 is 0.903 bits per heavy atom. The van der Waals surface area contributed by atoms with Gasteiger partial charge in [0.05, 0.1) is 12.1 Å². The van der Waals surface area contributed by atoms with Gasteiger partial charge in [0, 0.05) is 19.2 Å². The van der Waals surface area contributed by atoms with E-state index in [1.807, 2.05) is 59.5 Å². The third kappa shape index (κ3) is 4.86. The van der Waals surface area contributed by atoms with Gasteiger partial charge >= 0.3 is 0 Å². The lowest BCUT2D eigenvalue weighted by atomic mass is 9.97. The van der Waals surface area contributed by atoms with Crippen molar-refractivity contribution in [1.82, 2.24) is 15.5 Å². The van der Waals surface area contributed by atoms with Crippen LogP contribution in [0, 0.1) is 0 Å². The van der Waals surface area contributed by atoms with Crippen molar-refractivity contribution < 1.29 is 14.7 Å². The molecule has 6 nitrogen and oxygen atoms in total. The fourth-order valence-corrected chi connectivity index (χ4v) is 4.45. The predicted octanol–water partition coefficient (Wildman–Crippen LogP) is 2.58. The molecular weight excluding hydrogens is 390 g/mol. The zero-order valence-corrected chi connectivity index (χ0v) is 17.5. The number of nitrogens with zero attached hydrogens (tertiary/aromatic N) is 1. The summed E-state index contributed by atoms with van der Waals surface area (Å²) in [6, 6.07) is 17.0. The number of hydrogen-bond donors (Lipinski definition) is 3. The lowest BCUT2D eigenvalue weighted by molar-refractivity contribution is -0.131. The minimum atomic E-state index is -1.19. The molecular formula is C25H29N3O3. The zero-order valence-electron chi connectivity index (χ0n) is 17.5. The first-order chi connectivity index (χ1) is 15.1. The number of amides is 2. The molecule has 1 saturated heterocycles. The van der Waals surface area contributed by atoms with Crippen LogP contribution in [0.2, 0.25) is 0 Å². The number of fused-ring (bicyclic) bond motifs is 3. The summed E-state index contributed by atoms with van der Waals surface area (Å²) in [5.74, 6) is -0.406. The van der Waals surface area contributed by atoms with Gasteiger partial charge in [-0.25, -0.2) is 0 Å². The van der Waals surface area contributed by atoms with E-state index in [2.05, 4.69) is 16.7 Å². The van der Waals surface area contributed by atoms with Crippen LogP contribution >= 0.6 is 0 Å². The Kier molecular flexibility index (Phi) is 6.79. The highest BCUT2D eigenvalue weighted by Gasteiger charge is 2.30. The highest BCUT2D eigenvalue weighted by molar-refractivity contribution is 5.93. The van der Waals surface area contributed by atoms with Crippen molar-refractivity contribution in [2.24, 2.45) is 0 Å². The van der Waals surface area contributed by atoms with Crippen LogP contribution in [0.1, 0.15) is 48.0 Å². The Bertz CT molecular complexity index is 944. The van der Waals surface area contributed by atoms with Gasteiger partial charge in [0.25, 0.3) is 5.91 Å². The lowest BCUT2D eigenvalue weighted by Crippen LogP contribution is -2.44. The van der Waals surface area contributed by atoms with Crippen molar-refractivity contribution in [2.75, 3.05) is 19.6 Å². The molecule has 2 heterocycles. The number of carbonyl (C=O) groups is 2. The van der Waals surface area contributed by atoms with E-state index in [9.17, 15) is 14.7 Å². The summed E-state index contributed by atoms with van der Waals surface area (Å²) in [4.78, 5) is 27.5. The van der Waals surface area contributed by atoms with Gasteiger partial charge in [-0.15, -0.1) is 0 Å². The molecule has 2 aliphatic heterocycles. The van der Waals surface area contributed by atoms with Crippen LogP contribution in [0.25, 0.3) is 6.08 Å². The summed E-state index contributed by atoms with van der Waals surface area (Å²) in [7, 11) is 0. The summed E-state index contributed by atoms with van der Waals surface area (Å²) in [6.45, 7) is 1.67. The van der Waals surface area contributed by atoms with Crippen LogP contribution < -0.4 is 10.6 Å². The molecule has 0 radical (unpaired) electrons. The molecule has 3 atom stereocenters. The van der Waals surface area contributed by atoms with E-state index in [0.717, 1.165) is 29.5 Å². The lowest BCUT2D eigenvalue weighted by Gasteiger charge is -2.31. The van der Waals surface area contributed by atoms with Crippen molar-refractivity contribution in [3.63, 3.8) is 0 Å². The Balaban J connectivity index is 1.57. The van der Waals surface area contributed by atoms with Crippen LogP contribution in [-0.4, -0.2) is 47.6 Å². The summed E-state index contributed by atoms with van der Waals surface area (Å²) < 4.78 is 0. The molecule has 31 heavy (non-hydrogen) atoms. The Labute approximate surface area is 183 Å². The van der Waals surface area contributed by atoms with Gasteiger partial charge in [-0.2, -0.15) is 0 Å². The molecule has 0 aliphatic carbocycles. The second-order valence-electron chi connectivity index (χ2n) is 8.08. The maximum Gasteiger partial charge on any atom is 0.250 e. The average Bonchev–Trinajstić information content (AvgIpc) is 2.92. The molecule has 2 aromatic carbocycles. The number of rotatable bonds is 1. The Morgan fingerprint density at radius 2 is 1.68 bits per heavy atom. The molecule has 0 aromatic heterocycles. The van der Waals surface area contributed by atoms with E-state index < -0.39 is 18.1 Å². The van der Waals surface area contributed by atoms with E-state index in [0.29, 0.717) is 26.1 Å². The zero-order chi connectivity index (χ0) is 21.6. The molecule has 2 aliphatic rings. The van der Waals surface area contributed by atoms with Crippen LogP contribution in [0.15, 0.2) is 60.7 Å². The third-order valence-electron chi connectivity index (χ3n) is 6.07. The first-order valence-corrected chi connectivity index (χ1v) is 11.0. The van der Waals surface area contributed by atoms with Crippen LogP contribution in [0.4, 0.5) is 0 Å². The number of nitrogens with one attached hydrogen (secondary N) is 2. The average molecular weight is 420 g/mol. The molecule has 6 heteroatoms. The summed E-state index contributed by atoms with van der Waals surface area (Å²) in [6.07, 6.45) is 4.59. The van der Waals surface area contributed by atoms with Crippen molar-refractivity contribution in [3.8, 4) is 0 Å². The SMILES string of the molecule is O=C1NCCC2c3ccccc3C=CC(=O)N2CCCCNC(c2ccccc2)C1O. The second-order valence-corrected chi connectivity index (χ2v) is 8.08. The van der Waals surface area contributed by atoms with Gasteiger partial charge < -0.3 is 20.6 Å². The molecule has 2 aromatic rings. The second kappa shape index (κ2) is 9.90. The number of aliphatic hydroxyl groups excluding tert-OH is 1. The standard InChI is InChI=1S/C25H29N3O3/c29-22-13-12-18-8-4-5-11-20(18)21-14-16-27-25(31)24(30)23(19-9-2-1-3-10-19)26-15-6-7-17-28(21)22/h1-5,8-13,21,23-24,26,30H,6-7,14-17H2,(H,27,31). The van der Waals surface area contributed by atoms with E-state index in [4.69, 9.17) is 0 Å². The molecule has 0 saturated carbocycles. The van der Waals surface area contributed by atoms with Gasteiger partial charge in [0.2, 0.25) is 5.91 Å². The van der Waals surface area contributed by atoms with Crippen LogP contribution in [0.3, 0.4) is 0 Å². The summed E-state index contributed by atoms with van der Waals surface area (Å²) in [5, 5.41) is 17.0. The number of aliphatic hydroxyl groups is 1. The van der Waals surface area contributed by atoms with Crippen LogP contribution in [-0.2, 0) is 9.59 Å². The maximum absolute atomic E-state index is 12.9. The van der Waals surface area contributed by atoms with Crippen molar-refractivity contribution in [1.29, 1.82) is 0 Å². The molecule has 162 valence electrons. The highest BCUT2D eigenvalue weighted by Crippen LogP contribution is 2.31. The Hall–Kier alpha value is -2.96. The van der Waals surface area contributed by atoms with Gasteiger partial charge in [0.1, 0.15) is 0 Å². The third-order valence-corrected chi connectivity index (χ3v) is 6.07. The van der Waals surface area contributed by atoms with Gasteiger partial charge in [-0.05, 0) is 48.6 Å². The van der Waals surface area contributed by atoms with E-state index in [1.165, 1.54) is 0 Å². The van der Waals surface area contributed by atoms with Crippen molar-refractivity contribution >= 4 is 17.9 Å². The maximum atomic E-state index is 12.9. The van der Waals surface area contributed by atoms with E-state index in [1.54, 1.807) is 6.08 Å². The van der Waals surface area contributed by atoms with Crippen molar-refractivity contribution in [3.05, 3.63) is 77.4 Å². The van der Waals surface area contributed by atoms with E-state index in [-0.39, 0.29) is 11.9 Å². The fraction of sp³-hybridized carbons (Fsp3) is 0.360. The monoisotopic (exact) mass is 419 g/mol. The molecule has 1 fully saturated rings. The van der Waals surface area contributed by atoms with Gasteiger partial charge in [0.15, 0.2) is 6.10 Å². The van der Waals surface area contributed by atoms with E-state index >= 15 is 0 Å². The molecule has 0 spiro atoms. The molecule has 3 N–H and O–H groups in total. The normalized spacial score (nSPS) is 25.2. The van der Waals surface area contributed by atoms with Crippen molar-refractivity contribution in [2.45, 2.75) is 37.5 Å². The van der Waals surface area contributed by atoms with Gasteiger partial charge in [-0.1, -0.05) is 54.6 Å².